The summed E-state index contributed by atoms with van der Waals surface area (Å²) in [5.74, 6) is 1.27. The number of hydrogen-bond donors (Lipinski definition) is 1. The van der Waals surface area contributed by atoms with E-state index in [2.05, 4.69) is 18.2 Å². The zero-order valence-electron chi connectivity index (χ0n) is 15.1. The molecule has 0 bridgehead atoms. The molecule has 0 radical (unpaired) electrons. The lowest BCUT2D eigenvalue weighted by molar-refractivity contribution is -0.133. The van der Waals surface area contributed by atoms with Crippen LogP contribution < -0.4 is 10.5 Å². The molecule has 2 aromatic rings. The molecule has 1 heterocycles. The third kappa shape index (κ3) is 3.10. The van der Waals surface area contributed by atoms with Crippen LogP contribution in [0.4, 0.5) is 0 Å². The van der Waals surface area contributed by atoms with E-state index in [0.717, 1.165) is 31.6 Å². The predicted molar refractivity (Wildman–Crippen MR) is 102 cm³/mol. The summed E-state index contributed by atoms with van der Waals surface area (Å²) in [6.07, 6.45) is 2.72. The van der Waals surface area contributed by atoms with Crippen molar-refractivity contribution in [2.75, 3.05) is 26.2 Å². The molecule has 2 aliphatic rings. The Hall–Kier alpha value is -2.33. The zero-order valence-corrected chi connectivity index (χ0v) is 15.1. The number of carbonyl (C=O) groups is 1. The molecule has 136 valence electrons. The van der Waals surface area contributed by atoms with E-state index < -0.39 is 0 Å². The number of amides is 1. The minimum atomic E-state index is -0.0223. The summed E-state index contributed by atoms with van der Waals surface area (Å²) >= 11 is 0. The van der Waals surface area contributed by atoms with Gasteiger partial charge in [0.2, 0.25) is 5.91 Å². The molecule has 2 unspecified atom stereocenters. The number of para-hydroxylation sites is 1. The highest BCUT2D eigenvalue weighted by atomic mass is 16.5. The third-order valence-corrected chi connectivity index (χ3v) is 5.83. The number of hydrogen-bond acceptors (Lipinski definition) is 3. The van der Waals surface area contributed by atoms with E-state index in [-0.39, 0.29) is 17.2 Å². The van der Waals surface area contributed by atoms with Crippen LogP contribution in [0, 0.1) is 5.92 Å². The molecule has 1 amide bonds. The lowest BCUT2D eigenvalue weighted by Gasteiger charge is -2.29. The SMILES string of the molecule is NCCN(CCc1ccccc1)C(=O)C1CC12CCOc1ccccc12. The van der Waals surface area contributed by atoms with Gasteiger partial charge in [-0.05, 0) is 30.9 Å². The van der Waals surface area contributed by atoms with Crippen LogP contribution in [-0.2, 0) is 16.6 Å². The van der Waals surface area contributed by atoms with Gasteiger partial charge in [-0.3, -0.25) is 4.79 Å². The summed E-state index contributed by atoms with van der Waals surface area (Å²) in [6.45, 7) is 2.54. The number of benzene rings is 2. The first kappa shape index (κ1) is 17.1. The standard InChI is InChI=1S/C22H26N2O2/c23-12-14-24(13-10-17-6-2-1-3-7-17)21(25)19-16-22(19)11-15-26-20-9-5-4-8-18(20)22/h1-9,19H,10-16,23H2. The van der Waals surface area contributed by atoms with Gasteiger partial charge in [-0.2, -0.15) is 0 Å². The van der Waals surface area contributed by atoms with Gasteiger partial charge in [0, 0.05) is 36.5 Å². The minimum Gasteiger partial charge on any atom is -0.493 e. The molecule has 1 aliphatic carbocycles. The molecule has 1 saturated carbocycles. The number of rotatable bonds is 6. The topological polar surface area (TPSA) is 55.6 Å². The van der Waals surface area contributed by atoms with Crippen molar-refractivity contribution < 1.29 is 9.53 Å². The summed E-state index contributed by atoms with van der Waals surface area (Å²) in [5.41, 5.74) is 8.23. The number of fused-ring (bicyclic) bond motifs is 2. The van der Waals surface area contributed by atoms with E-state index in [1.807, 2.05) is 41.3 Å². The number of carbonyl (C=O) groups excluding carboxylic acids is 1. The second-order valence-corrected chi connectivity index (χ2v) is 7.36. The predicted octanol–water partition coefficient (Wildman–Crippen LogP) is 2.76. The summed E-state index contributed by atoms with van der Waals surface area (Å²) < 4.78 is 5.80. The van der Waals surface area contributed by atoms with Crippen molar-refractivity contribution in [1.82, 2.24) is 4.90 Å². The zero-order chi connectivity index (χ0) is 18.0. The molecule has 1 aliphatic heterocycles. The van der Waals surface area contributed by atoms with Gasteiger partial charge in [0.15, 0.2) is 0 Å². The molecular formula is C22H26N2O2. The Labute approximate surface area is 155 Å². The Morgan fingerprint density at radius 1 is 1.12 bits per heavy atom. The molecule has 2 N–H and O–H groups in total. The Bertz CT molecular complexity index is 777. The van der Waals surface area contributed by atoms with Crippen LogP contribution in [0.5, 0.6) is 5.75 Å². The first-order chi connectivity index (χ1) is 12.7. The van der Waals surface area contributed by atoms with Crippen molar-refractivity contribution >= 4 is 5.91 Å². The van der Waals surface area contributed by atoms with Crippen LogP contribution in [0.1, 0.15) is 24.0 Å². The lowest BCUT2D eigenvalue weighted by atomic mass is 9.87. The second kappa shape index (κ2) is 7.12. The maximum absolute atomic E-state index is 13.2. The van der Waals surface area contributed by atoms with Gasteiger partial charge in [0.1, 0.15) is 5.75 Å². The van der Waals surface area contributed by atoms with Crippen molar-refractivity contribution in [3.63, 3.8) is 0 Å². The monoisotopic (exact) mass is 350 g/mol. The fourth-order valence-electron chi connectivity index (χ4n) is 4.30. The molecule has 4 heteroatoms. The number of ether oxygens (including phenoxy) is 1. The first-order valence-electron chi connectivity index (χ1n) is 9.50. The molecule has 0 saturated heterocycles. The van der Waals surface area contributed by atoms with Gasteiger partial charge in [-0.15, -0.1) is 0 Å². The summed E-state index contributed by atoms with van der Waals surface area (Å²) in [6, 6.07) is 18.5. The molecule has 26 heavy (non-hydrogen) atoms. The molecule has 0 aromatic heterocycles. The smallest absolute Gasteiger partial charge is 0.226 e. The number of nitrogens with two attached hydrogens (primary N) is 1. The van der Waals surface area contributed by atoms with Crippen molar-refractivity contribution in [3.05, 3.63) is 65.7 Å². The fourth-order valence-corrected chi connectivity index (χ4v) is 4.30. The van der Waals surface area contributed by atoms with Crippen LogP contribution >= 0.6 is 0 Å². The minimum absolute atomic E-state index is 0.0223. The Kier molecular flexibility index (Phi) is 4.68. The van der Waals surface area contributed by atoms with Gasteiger partial charge in [0.05, 0.1) is 6.61 Å². The normalized spacial score (nSPS) is 23.2. The van der Waals surface area contributed by atoms with Gasteiger partial charge in [-0.1, -0.05) is 48.5 Å². The molecule has 2 atom stereocenters. The highest BCUT2D eigenvalue weighted by Crippen LogP contribution is 2.61. The molecule has 4 nitrogen and oxygen atoms in total. The van der Waals surface area contributed by atoms with Gasteiger partial charge < -0.3 is 15.4 Å². The summed E-state index contributed by atoms with van der Waals surface area (Å²) in [4.78, 5) is 15.2. The molecular weight excluding hydrogens is 324 g/mol. The van der Waals surface area contributed by atoms with Crippen LogP contribution in [0.25, 0.3) is 0 Å². The van der Waals surface area contributed by atoms with Crippen LogP contribution in [0.3, 0.4) is 0 Å². The lowest BCUT2D eigenvalue weighted by Crippen LogP contribution is -2.39. The van der Waals surface area contributed by atoms with Crippen molar-refractivity contribution in [1.29, 1.82) is 0 Å². The molecule has 1 fully saturated rings. The van der Waals surface area contributed by atoms with E-state index in [1.165, 1.54) is 11.1 Å². The van der Waals surface area contributed by atoms with Crippen molar-refractivity contribution in [3.8, 4) is 5.75 Å². The summed E-state index contributed by atoms with van der Waals surface area (Å²) in [5, 5.41) is 0. The average Bonchev–Trinajstić information content (AvgIpc) is 3.40. The highest BCUT2D eigenvalue weighted by molar-refractivity contribution is 5.85. The van der Waals surface area contributed by atoms with E-state index in [1.54, 1.807) is 0 Å². The van der Waals surface area contributed by atoms with Gasteiger partial charge in [0.25, 0.3) is 0 Å². The molecule has 1 spiro atoms. The van der Waals surface area contributed by atoms with Crippen LogP contribution in [0.2, 0.25) is 0 Å². The first-order valence-corrected chi connectivity index (χ1v) is 9.50. The Balaban J connectivity index is 1.48. The maximum Gasteiger partial charge on any atom is 0.226 e. The maximum atomic E-state index is 13.2. The van der Waals surface area contributed by atoms with E-state index in [0.29, 0.717) is 19.7 Å². The average molecular weight is 350 g/mol. The van der Waals surface area contributed by atoms with E-state index in [4.69, 9.17) is 10.5 Å². The quantitative estimate of drug-likeness (QED) is 0.872. The Morgan fingerprint density at radius 2 is 1.88 bits per heavy atom. The molecule has 4 rings (SSSR count). The van der Waals surface area contributed by atoms with E-state index >= 15 is 0 Å². The van der Waals surface area contributed by atoms with Crippen LogP contribution in [-0.4, -0.2) is 37.0 Å². The van der Waals surface area contributed by atoms with Crippen LogP contribution in [0.15, 0.2) is 54.6 Å². The van der Waals surface area contributed by atoms with Crippen molar-refractivity contribution in [2.45, 2.75) is 24.7 Å². The largest absolute Gasteiger partial charge is 0.493 e. The molecule has 2 aromatic carbocycles. The number of nitrogens with zero attached hydrogens (tertiary/aromatic N) is 1. The second-order valence-electron chi connectivity index (χ2n) is 7.36. The Morgan fingerprint density at radius 3 is 2.69 bits per heavy atom. The fraction of sp³-hybridized carbons (Fsp3) is 0.409. The van der Waals surface area contributed by atoms with Crippen molar-refractivity contribution in [2.24, 2.45) is 11.7 Å². The summed E-state index contributed by atoms with van der Waals surface area (Å²) in [7, 11) is 0. The van der Waals surface area contributed by atoms with Gasteiger partial charge in [-0.25, -0.2) is 0 Å². The van der Waals surface area contributed by atoms with Gasteiger partial charge >= 0.3 is 0 Å². The third-order valence-electron chi connectivity index (χ3n) is 5.83. The van der Waals surface area contributed by atoms with E-state index in [9.17, 15) is 4.79 Å². The highest BCUT2D eigenvalue weighted by Gasteiger charge is 2.61.